The van der Waals surface area contributed by atoms with Crippen LogP contribution in [0.5, 0.6) is 0 Å². The SMILES string of the molecule is Nc1cccc(C(=O)N2CCN(Cc3ccncc3)CC2)c1. The zero-order chi connectivity index (χ0) is 15.4. The molecule has 5 heteroatoms. The van der Waals surface area contributed by atoms with Gasteiger partial charge in [-0.1, -0.05) is 6.07 Å². The van der Waals surface area contributed by atoms with Crippen molar-refractivity contribution in [2.45, 2.75) is 6.54 Å². The first-order valence-electron chi connectivity index (χ1n) is 7.48. The monoisotopic (exact) mass is 296 g/mol. The van der Waals surface area contributed by atoms with E-state index >= 15 is 0 Å². The Balaban J connectivity index is 1.56. The van der Waals surface area contributed by atoms with Crippen molar-refractivity contribution in [3.8, 4) is 0 Å². The molecule has 0 radical (unpaired) electrons. The van der Waals surface area contributed by atoms with Crippen LogP contribution >= 0.6 is 0 Å². The van der Waals surface area contributed by atoms with Crippen molar-refractivity contribution in [2.75, 3.05) is 31.9 Å². The van der Waals surface area contributed by atoms with Crippen LogP contribution < -0.4 is 5.73 Å². The van der Waals surface area contributed by atoms with Gasteiger partial charge in [0.2, 0.25) is 0 Å². The Morgan fingerprint density at radius 1 is 1.09 bits per heavy atom. The average molecular weight is 296 g/mol. The number of nitrogens with zero attached hydrogens (tertiary/aromatic N) is 3. The summed E-state index contributed by atoms with van der Waals surface area (Å²) in [6.45, 7) is 4.17. The molecule has 114 valence electrons. The zero-order valence-corrected chi connectivity index (χ0v) is 12.5. The largest absolute Gasteiger partial charge is 0.399 e. The Hall–Kier alpha value is -2.40. The molecule has 1 saturated heterocycles. The molecule has 0 aliphatic carbocycles. The van der Waals surface area contributed by atoms with Gasteiger partial charge in [0, 0.05) is 56.4 Å². The van der Waals surface area contributed by atoms with Gasteiger partial charge in [-0.2, -0.15) is 0 Å². The van der Waals surface area contributed by atoms with Gasteiger partial charge in [-0.05, 0) is 35.9 Å². The van der Waals surface area contributed by atoms with Crippen molar-refractivity contribution in [3.05, 3.63) is 59.9 Å². The van der Waals surface area contributed by atoms with E-state index in [4.69, 9.17) is 5.73 Å². The van der Waals surface area contributed by atoms with Crippen LogP contribution in [0, 0.1) is 0 Å². The molecule has 5 nitrogen and oxygen atoms in total. The number of carbonyl (C=O) groups excluding carboxylic acids is 1. The molecule has 1 amide bonds. The summed E-state index contributed by atoms with van der Waals surface area (Å²) < 4.78 is 0. The smallest absolute Gasteiger partial charge is 0.254 e. The molecule has 0 bridgehead atoms. The third kappa shape index (κ3) is 3.43. The Bertz CT molecular complexity index is 636. The maximum atomic E-state index is 12.5. The van der Waals surface area contributed by atoms with E-state index < -0.39 is 0 Å². The summed E-state index contributed by atoms with van der Waals surface area (Å²) in [5, 5.41) is 0. The van der Waals surface area contributed by atoms with Gasteiger partial charge in [0.25, 0.3) is 5.91 Å². The normalized spacial score (nSPS) is 15.7. The van der Waals surface area contributed by atoms with E-state index in [2.05, 4.69) is 9.88 Å². The van der Waals surface area contributed by atoms with Crippen molar-refractivity contribution in [1.82, 2.24) is 14.8 Å². The number of pyridine rings is 1. The summed E-state index contributed by atoms with van der Waals surface area (Å²) in [7, 11) is 0. The van der Waals surface area contributed by atoms with Crippen LogP contribution in [0.3, 0.4) is 0 Å². The van der Waals surface area contributed by atoms with Gasteiger partial charge in [0.1, 0.15) is 0 Å². The highest BCUT2D eigenvalue weighted by atomic mass is 16.2. The molecule has 2 N–H and O–H groups in total. The van der Waals surface area contributed by atoms with Gasteiger partial charge >= 0.3 is 0 Å². The number of hydrogen-bond acceptors (Lipinski definition) is 4. The van der Waals surface area contributed by atoms with E-state index in [1.165, 1.54) is 5.56 Å². The predicted molar refractivity (Wildman–Crippen MR) is 86.3 cm³/mol. The minimum Gasteiger partial charge on any atom is -0.399 e. The molecule has 2 heterocycles. The maximum absolute atomic E-state index is 12.5. The summed E-state index contributed by atoms with van der Waals surface area (Å²) in [4.78, 5) is 20.8. The van der Waals surface area contributed by atoms with E-state index in [1.54, 1.807) is 12.1 Å². The molecule has 0 atom stereocenters. The lowest BCUT2D eigenvalue weighted by Gasteiger charge is -2.34. The molecule has 1 aromatic carbocycles. The van der Waals surface area contributed by atoms with Crippen LogP contribution in [0.1, 0.15) is 15.9 Å². The Morgan fingerprint density at radius 3 is 2.50 bits per heavy atom. The van der Waals surface area contributed by atoms with E-state index in [9.17, 15) is 4.79 Å². The van der Waals surface area contributed by atoms with Gasteiger partial charge in [0.05, 0.1) is 0 Å². The van der Waals surface area contributed by atoms with Crippen LogP contribution in [0.25, 0.3) is 0 Å². The number of amides is 1. The first-order valence-corrected chi connectivity index (χ1v) is 7.48. The summed E-state index contributed by atoms with van der Waals surface area (Å²) in [5.41, 5.74) is 8.30. The van der Waals surface area contributed by atoms with Crippen molar-refractivity contribution in [3.63, 3.8) is 0 Å². The second-order valence-electron chi connectivity index (χ2n) is 5.55. The van der Waals surface area contributed by atoms with Gasteiger partial charge in [-0.3, -0.25) is 14.7 Å². The molecule has 0 unspecified atom stereocenters. The second kappa shape index (κ2) is 6.58. The molecule has 1 fully saturated rings. The Kier molecular flexibility index (Phi) is 4.34. The quantitative estimate of drug-likeness (QED) is 0.874. The molecule has 22 heavy (non-hydrogen) atoms. The van der Waals surface area contributed by atoms with Gasteiger partial charge in [0.15, 0.2) is 0 Å². The Labute approximate surface area is 130 Å². The van der Waals surface area contributed by atoms with Crippen molar-refractivity contribution < 1.29 is 4.79 Å². The molecule has 0 spiro atoms. The first kappa shape index (κ1) is 14.5. The van der Waals surface area contributed by atoms with Gasteiger partial charge in [-0.15, -0.1) is 0 Å². The van der Waals surface area contributed by atoms with Crippen molar-refractivity contribution >= 4 is 11.6 Å². The minimum absolute atomic E-state index is 0.0656. The molecular weight excluding hydrogens is 276 g/mol. The number of nitrogens with two attached hydrogens (primary N) is 1. The molecule has 1 aliphatic rings. The standard InChI is InChI=1S/C17H20N4O/c18-16-3-1-2-15(12-16)17(22)21-10-8-20(9-11-21)13-14-4-6-19-7-5-14/h1-7,12H,8-11,13,18H2. The topological polar surface area (TPSA) is 62.5 Å². The number of benzene rings is 1. The molecule has 3 rings (SSSR count). The van der Waals surface area contributed by atoms with Gasteiger partial charge < -0.3 is 10.6 Å². The van der Waals surface area contributed by atoms with E-state index in [1.807, 2.05) is 41.6 Å². The highest BCUT2D eigenvalue weighted by Crippen LogP contribution is 2.13. The lowest BCUT2D eigenvalue weighted by molar-refractivity contribution is 0.0628. The minimum atomic E-state index is 0.0656. The number of piperazine rings is 1. The highest BCUT2D eigenvalue weighted by molar-refractivity contribution is 5.95. The van der Waals surface area contributed by atoms with Crippen LogP contribution in [0.15, 0.2) is 48.8 Å². The highest BCUT2D eigenvalue weighted by Gasteiger charge is 2.22. The number of carbonyl (C=O) groups is 1. The van der Waals surface area contributed by atoms with Crippen LogP contribution in [-0.2, 0) is 6.54 Å². The summed E-state index contributed by atoms with van der Waals surface area (Å²) >= 11 is 0. The fraction of sp³-hybridized carbons (Fsp3) is 0.294. The molecular formula is C17H20N4O. The second-order valence-corrected chi connectivity index (χ2v) is 5.55. The number of aromatic nitrogens is 1. The van der Waals surface area contributed by atoms with E-state index in [0.717, 1.165) is 32.7 Å². The number of hydrogen-bond donors (Lipinski definition) is 1. The molecule has 2 aromatic rings. The van der Waals surface area contributed by atoms with Crippen LogP contribution in [0.2, 0.25) is 0 Å². The maximum Gasteiger partial charge on any atom is 0.254 e. The summed E-state index contributed by atoms with van der Waals surface area (Å²) in [6.07, 6.45) is 3.63. The van der Waals surface area contributed by atoms with Gasteiger partial charge in [-0.25, -0.2) is 0 Å². The lowest BCUT2D eigenvalue weighted by Crippen LogP contribution is -2.48. The number of rotatable bonds is 3. The third-order valence-electron chi connectivity index (χ3n) is 3.95. The van der Waals surface area contributed by atoms with Crippen LogP contribution in [-0.4, -0.2) is 46.9 Å². The summed E-state index contributed by atoms with van der Waals surface area (Å²) in [5.74, 6) is 0.0656. The van der Waals surface area contributed by atoms with E-state index in [0.29, 0.717) is 11.3 Å². The average Bonchev–Trinajstić information content (AvgIpc) is 2.56. The number of anilines is 1. The Morgan fingerprint density at radius 2 is 1.82 bits per heavy atom. The van der Waals surface area contributed by atoms with Crippen molar-refractivity contribution in [1.29, 1.82) is 0 Å². The fourth-order valence-electron chi connectivity index (χ4n) is 2.71. The third-order valence-corrected chi connectivity index (χ3v) is 3.95. The fourth-order valence-corrected chi connectivity index (χ4v) is 2.71. The lowest BCUT2D eigenvalue weighted by atomic mass is 10.1. The number of nitrogen functional groups attached to an aromatic ring is 1. The first-order chi connectivity index (χ1) is 10.7. The molecule has 0 saturated carbocycles. The zero-order valence-electron chi connectivity index (χ0n) is 12.5. The van der Waals surface area contributed by atoms with E-state index in [-0.39, 0.29) is 5.91 Å². The molecule has 1 aromatic heterocycles. The summed E-state index contributed by atoms with van der Waals surface area (Å²) in [6, 6.07) is 11.2. The molecule has 1 aliphatic heterocycles. The predicted octanol–water partition coefficient (Wildman–Crippen LogP) is 1.62. The van der Waals surface area contributed by atoms with Crippen LogP contribution in [0.4, 0.5) is 5.69 Å². The van der Waals surface area contributed by atoms with Crippen molar-refractivity contribution in [2.24, 2.45) is 0 Å².